The van der Waals surface area contributed by atoms with E-state index in [-0.39, 0.29) is 6.61 Å². The third-order valence-corrected chi connectivity index (χ3v) is 3.66. The summed E-state index contributed by atoms with van der Waals surface area (Å²) in [4.78, 5) is 22.4. The summed E-state index contributed by atoms with van der Waals surface area (Å²) in [6, 6.07) is 9.69. The van der Waals surface area contributed by atoms with E-state index in [4.69, 9.17) is 9.84 Å². The summed E-state index contributed by atoms with van der Waals surface area (Å²) in [6.45, 7) is 4.42. The van der Waals surface area contributed by atoms with Crippen molar-refractivity contribution in [3.8, 4) is 11.4 Å². The van der Waals surface area contributed by atoms with Gasteiger partial charge in [-0.15, -0.1) is 10.2 Å². The molecular weight excluding hydrogens is 310 g/mol. The van der Waals surface area contributed by atoms with Gasteiger partial charge in [0.2, 0.25) is 0 Å². The van der Waals surface area contributed by atoms with Gasteiger partial charge in [0.15, 0.2) is 11.6 Å². The lowest BCUT2D eigenvalue weighted by Gasteiger charge is -2.15. The van der Waals surface area contributed by atoms with Crippen LogP contribution in [0.25, 0.3) is 11.4 Å². The van der Waals surface area contributed by atoms with Gasteiger partial charge >= 0.3 is 5.97 Å². The van der Waals surface area contributed by atoms with Crippen LogP contribution in [0.3, 0.4) is 0 Å². The Morgan fingerprint density at radius 1 is 1.25 bits per heavy atom. The number of rotatable bonds is 9. The molecule has 0 radical (unpaired) electrons. The number of carbonyl (C=O) groups is 2. The lowest BCUT2D eigenvalue weighted by atomic mass is 10.1. The Hall–Kier alpha value is -2.54. The van der Waals surface area contributed by atoms with Crippen molar-refractivity contribution in [2.45, 2.75) is 39.3 Å². The lowest BCUT2D eigenvalue weighted by molar-refractivity contribution is -0.144. The molecule has 7 nitrogen and oxygen atoms in total. The Bertz CT molecular complexity index is 697. The molecule has 1 unspecified atom stereocenters. The number of aryl methyl sites for hydroxylation is 1. The van der Waals surface area contributed by atoms with E-state index in [1.165, 1.54) is 0 Å². The molecule has 1 atom stereocenters. The molecule has 1 heterocycles. The highest BCUT2D eigenvalue weighted by atomic mass is 16.5. The van der Waals surface area contributed by atoms with Crippen LogP contribution >= 0.6 is 0 Å². The van der Waals surface area contributed by atoms with Gasteiger partial charge in [-0.05, 0) is 13.3 Å². The summed E-state index contributed by atoms with van der Waals surface area (Å²) in [6.07, 6.45) is -0.767. The molecule has 0 aliphatic carbocycles. The molecule has 1 aromatic heterocycles. The number of aromatic nitrogens is 3. The third kappa shape index (κ3) is 4.48. The van der Waals surface area contributed by atoms with E-state index in [1.807, 2.05) is 41.8 Å². The van der Waals surface area contributed by atoms with Gasteiger partial charge in [-0.1, -0.05) is 37.3 Å². The van der Waals surface area contributed by atoms with E-state index in [0.29, 0.717) is 13.0 Å². The van der Waals surface area contributed by atoms with E-state index >= 15 is 0 Å². The minimum Gasteiger partial charge on any atom is -0.481 e. The number of ketones is 1. The first kappa shape index (κ1) is 17.8. The van der Waals surface area contributed by atoms with Gasteiger partial charge in [-0.25, -0.2) is 0 Å². The van der Waals surface area contributed by atoms with Crippen LogP contribution in [-0.4, -0.2) is 44.3 Å². The number of benzene rings is 1. The summed E-state index contributed by atoms with van der Waals surface area (Å²) in [5.74, 6) is -0.0548. The fourth-order valence-corrected chi connectivity index (χ4v) is 2.44. The van der Waals surface area contributed by atoms with E-state index in [2.05, 4.69) is 10.2 Å². The molecule has 2 aromatic rings. The molecule has 0 bridgehead atoms. The van der Waals surface area contributed by atoms with Gasteiger partial charge in [0.05, 0.1) is 6.61 Å². The van der Waals surface area contributed by atoms with Gasteiger partial charge < -0.3 is 14.4 Å². The van der Waals surface area contributed by atoms with Crippen molar-refractivity contribution in [2.24, 2.45) is 0 Å². The van der Waals surface area contributed by atoms with Crippen LogP contribution in [0.2, 0.25) is 0 Å². The van der Waals surface area contributed by atoms with Gasteiger partial charge in [0, 0.05) is 12.1 Å². The Morgan fingerprint density at radius 3 is 2.58 bits per heavy atom. The monoisotopic (exact) mass is 331 g/mol. The van der Waals surface area contributed by atoms with Crippen LogP contribution < -0.4 is 0 Å². The number of Topliss-reactive ketones (excluding diaryl/α,β-unsaturated/α-hetero) is 1. The first-order valence-corrected chi connectivity index (χ1v) is 7.84. The Labute approximate surface area is 140 Å². The van der Waals surface area contributed by atoms with Crippen LogP contribution in [0.5, 0.6) is 0 Å². The Kier molecular flexibility index (Phi) is 6.20. The second kappa shape index (κ2) is 8.35. The highest BCUT2D eigenvalue weighted by Crippen LogP contribution is 2.17. The standard InChI is InChI=1S/C17H21N3O4/c1-3-15(14(21)11-16(22)23)24-10-9-20-12(2)18-19-17(20)13-7-5-4-6-8-13/h4-8,15H,3,9-11H2,1-2H3,(H,22,23). The second-order valence-electron chi connectivity index (χ2n) is 5.39. The number of hydrogen-bond donors (Lipinski definition) is 1. The summed E-state index contributed by atoms with van der Waals surface area (Å²) in [7, 11) is 0. The highest BCUT2D eigenvalue weighted by Gasteiger charge is 2.20. The maximum atomic E-state index is 11.8. The van der Waals surface area contributed by atoms with E-state index in [9.17, 15) is 9.59 Å². The Morgan fingerprint density at radius 2 is 1.96 bits per heavy atom. The molecule has 0 spiro atoms. The normalized spacial score (nSPS) is 12.1. The molecule has 0 saturated carbocycles. The summed E-state index contributed by atoms with van der Waals surface area (Å²) in [5.41, 5.74) is 0.951. The number of aliphatic carboxylic acids is 1. The number of ether oxygens (including phenoxy) is 1. The van der Waals surface area contributed by atoms with Gasteiger partial charge in [-0.2, -0.15) is 0 Å². The van der Waals surface area contributed by atoms with Crippen LogP contribution in [-0.2, 0) is 20.9 Å². The average Bonchev–Trinajstić information content (AvgIpc) is 2.92. The van der Waals surface area contributed by atoms with Crippen molar-refractivity contribution < 1.29 is 19.4 Å². The first-order valence-electron chi connectivity index (χ1n) is 7.84. The topological polar surface area (TPSA) is 94.3 Å². The zero-order valence-electron chi connectivity index (χ0n) is 13.8. The molecular formula is C17H21N3O4. The molecule has 1 aromatic carbocycles. The van der Waals surface area contributed by atoms with Crippen molar-refractivity contribution in [2.75, 3.05) is 6.61 Å². The maximum absolute atomic E-state index is 11.8. The minimum atomic E-state index is -1.14. The van der Waals surface area contributed by atoms with Crippen molar-refractivity contribution >= 4 is 11.8 Å². The van der Waals surface area contributed by atoms with E-state index < -0.39 is 24.3 Å². The molecule has 7 heteroatoms. The molecule has 24 heavy (non-hydrogen) atoms. The van der Waals surface area contributed by atoms with Crippen LogP contribution in [0, 0.1) is 6.92 Å². The predicted molar refractivity (Wildman–Crippen MR) is 87.5 cm³/mol. The average molecular weight is 331 g/mol. The predicted octanol–water partition coefficient (Wildman–Crippen LogP) is 2.09. The fourth-order valence-electron chi connectivity index (χ4n) is 2.44. The lowest BCUT2D eigenvalue weighted by Crippen LogP contribution is -2.27. The van der Waals surface area contributed by atoms with Gasteiger partial charge in [0.1, 0.15) is 18.3 Å². The fraction of sp³-hybridized carbons (Fsp3) is 0.412. The molecule has 0 saturated heterocycles. The first-order chi connectivity index (χ1) is 11.5. The molecule has 1 N–H and O–H groups in total. The number of carbonyl (C=O) groups excluding carboxylic acids is 1. The second-order valence-corrected chi connectivity index (χ2v) is 5.39. The Balaban J connectivity index is 2.01. The summed E-state index contributed by atoms with van der Waals surface area (Å²) >= 11 is 0. The highest BCUT2D eigenvalue weighted by molar-refractivity contribution is 5.97. The molecule has 0 aliphatic heterocycles. The van der Waals surface area contributed by atoms with Gasteiger partial charge in [0.25, 0.3) is 0 Å². The minimum absolute atomic E-state index is 0.280. The quantitative estimate of drug-likeness (QED) is 0.707. The molecule has 128 valence electrons. The maximum Gasteiger partial charge on any atom is 0.310 e. The number of carboxylic acid groups (broad SMARTS) is 1. The zero-order chi connectivity index (χ0) is 17.5. The van der Waals surface area contributed by atoms with Crippen LogP contribution in [0.1, 0.15) is 25.6 Å². The summed E-state index contributed by atoms with van der Waals surface area (Å²) < 4.78 is 7.50. The number of nitrogens with zero attached hydrogens (tertiary/aromatic N) is 3. The van der Waals surface area contributed by atoms with Crippen molar-refractivity contribution in [1.29, 1.82) is 0 Å². The number of carboxylic acids is 1. The van der Waals surface area contributed by atoms with Crippen LogP contribution in [0.4, 0.5) is 0 Å². The van der Waals surface area contributed by atoms with Crippen LogP contribution in [0.15, 0.2) is 30.3 Å². The molecule has 0 amide bonds. The number of hydrogen-bond acceptors (Lipinski definition) is 5. The molecule has 2 rings (SSSR count). The largest absolute Gasteiger partial charge is 0.481 e. The van der Waals surface area contributed by atoms with Crippen molar-refractivity contribution in [3.05, 3.63) is 36.2 Å². The molecule has 0 fully saturated rings. The zero-order valence-corrected chi connectivity index (χ0v) is 13.8. The van der Waals surface area contributed by atoms with Crippen molar-refractivity contribution in [1.82, 2.24) is 14.8 Å². The van der Waals surface area contributed by atoms with Gasteiger partial charge in [-0.3, -0.25) is 9.59 Å². The SMILES string of the molecule is CCC(OCCn1c(C)nnc1-c1ccccc1)C(=O)CC(=O)O. The smallest absolute Gasteiger partial charge is 0.310 e. The molecule has 0 aliphatic rings. The van der Waals surface area contributed by atoms with E-state index in [1.54, 1.807) is 6.92 Å². The summed E-state index contributed by atoms with van der Waals surface area (Å²) in [5, 5.41) is 17.0. The van der Waals surface area contributed by atoms with Crippen molar-refractivity contribution in [3.63, 3.8) is 0 Å². The van der Waals surface area contributed by atoms with E-state index in [0.717, 1.165) is 17.2 Å². The third-order valence-electron chi connectivity index (χ3n) is 3.66.